The molecule has 0 N–H and O–H groups in total. The first-order valence-corrected chi connectivity index (χ1v) is 7.56. The summed E-state index contributed by atoms with van der Waals surface area (Å²) in [6.45, 7) is 8.29. The van der Waals surface area contributed by atoms with Crippen molar-refractivity contribution in [1.82, 2.24) is 20.0 Å². The molecule has 1 aliphatic rings. The topological polar surface area (TPSA) is 58.5 Å². The molecule has 20 heavy (non-hydrogen) atoms. The number of rotatable bonds is 4. The molecule has 108 valence electrons. The van der Waals surface area contributed by atoms with E-state index < -0.39 is 0 Å². The van der Waals surface area contributed by atoms with E-state index in [1.54, 1.807) is 6.07 Å². The summed E-state index contributed by atoms with van der Waals surface area (Å²) in [5.41, 5.74) is 0. The highest BCUT2D eigenvalue weighted by atomic mass is 79.9. The molecular formula is C13H17BrN4O2. The van der Waals surface area contributed by atoms with Crippen LogP contribution in [0.5, 0.6) is 0 Å². The van der Waals surface area contributed by atoms with Gasteiger partial charge in [0, 0.05) is 26.2 Å². The van der Waals surface area contributed by atoms with Gasteiger partial charge in [-0.25, -0.2) is 0 Å². The Morgan fingerprint density at radius 1 is 1.10 bits per heavy atom. The summed E-state index contributed by atoms with van der Waals surface area (Å²) in [6.07, 6.45) is 0. The molecule has 1 aliphatic heterocycles. The molecule has 2 aromatic rings. The minimum atomic E-state index is 0.429. The highest BCUT2D eigenvalue weighted by Crippen LogP contribution is 2.24. The number of aromatic nitrogens is 2. The molecule has 2 aromatic heterocycles. The molecule has 7 heteroatoms. The maximum absolute atomic E-state index is 5.65. The predicted molar refractivity (Wildman–Crippen MR) is 77.1 cm³/mol. The van der Waals surface area contributed by atoms with Crippen LogP contribution in [0.2, 0.25) is 0 Å². The Bertz CT molecular complexity index is 560. The van der Waals surface area contributed by atoms with Crippen LogP contribution in [0.3, 0.4) is 0 Å². The minimum absolute atomic E-state index is 0.429. The number of hydrogen-bond donors (Lipinski definition) is 0. The molecule has 0 unspecified atom stereocenters. The SMILES string of the molecule is CCN1CCN(Cc2nnc(-c3ccc(Br)o3)o2)CC1. The zero-order valence-electron chi connectivity index (χ0n) is 11.4. The highest BCUT2D eigenvalue weighted by molar-refractivity contribution is 9.10. The van der Waals surface area contributed by atoms with Crippen LogP contribution in [0.1, 0.15) is 12.8 Å². The lowest BCUT2D eigenvalue weighted by Gasteiger charge is -2.33. The molecule has 3 heterocycles. The molecule has 6 nitrogen and oxygen atoms in total. The Labute approximate surface area is 125 Å². The second kappa shape index (κ2) is 6.07. The maximum Gasteiger partial charge on any atom is 0.283 e. The van der Waals surface area contributed by atoms with Crippen molar-refractivity contribution < 1.29 is 8.83 Å². The molecule has 1 saturated heterocycles. The van der Waals surface area contributed by atoms with Gasteiger partial charge in [-0.1, -0.05) is 6.92 Å². The first kappa shape index (κ1) is 13.8. The molecule has 0 radical (unpaired) electrons. The number of piperazine rings is 1. The quantitative estimate of drug-likeness (QED) is 0.850. The zero-order chi connectivity index (χ0) is 13.9. The van der Waals surface area contributed by atoms with E-state index in [0.717, 1.165) is 32.7 Å². The fraction of sp³-hybridized carbons (Fsp3) is 0.538. The van der Waals surface area contributed by atoms with E-state index in [1.807, 2.05) is 6.07 Å². The second-order valence-corrected chi connectivity index (χ2v) is 5.60. The summed E-state index contributed by atoms with van der Waals surface area (Å²) in [5, 5.41) is 8.12. The van der Waals surface area contributed by atoms with Crippen molar-refractivity contribution >= 4 is 15.9 Å². The Balaban J connectivity index is 1.60. The fourth-order valence-corrected chi connectivity index (χ4v) is 2.61. The first-order chi connectivity index (χ1) is 9.74. The lowest BCUT2D eigenvalue weighted by molar-refractivity contribution is 0.124. The molecular weight excluding hydrogens is 324 g/mol. The van der Waals surface area contributed by atoms with Gasteiger partial charge in [-0.3, -0.25) is 4.90 Å². The van der Waals surface area contributed by atoms with Crippen molar-refractivity contribution in [3.8, 4) is 11.7 Å². The third-order valence-corrected chi connectivity index (χ3v) is 3.95. The molecule has 0 aromatic carbocycles. The summed E-state index contributed by atoms with van der Waals surface area (Å²) in [4.78, 5) is 4.78. The van der Waals surface area contributed by atoms with Gasteiger partial charge in [0.1, 0.15) is 0 Å². The smallest absolute Gasteiger partial charge is 0.283 e. The number of nitrogens with zero attached hydrogens (tertiary/aromatic N) is 4. The van der Waals surface area contributed by atoms with E-state index >= 15 is 0 Å². The van der Waals surface area contributed by atoms with E-state index in [2.05, 4.69) is 42.9 Å². The van der Waals surface area contributed by atoms with Crippen LogP contribution in [0.15, 0.2) is 25.6 Å². The molecule has 0 bridgehead atoms. The minimum Gasteiger partial charge on any atom is -0.444 e. The summed E-state index contributed by atoms with van der Waals surface area (Å²) in [5.74, 6) is 1.65. The molecule has 0 saturated carbocycles. The summed E-state index contributed by atoms with van der Waals surface area (Å²) in [6, 6.07) is 3.62. The maximum atomic E-state index is 5.65. The van der Waals surface area contributed by atoms with Crippen molar-refractivity contribution in [3.63, 3.8) is 0 Å². The van der Waals surface area contributed by atoms with Crippen molar-refractivity contribution in [2.75, 3.05) is 32.7 Å². The van der Waals surface area contributed by atoms with Crippen LogP contribution in [-0.2, 0) is 6.54 Å². The molecule has 0 amide bonds. The monoisotopic (exact) mass is 340 g/mol. The second-order valence-electron chi connectivity index (χ2n) is 4.82. The molecule has 0 spiro atoms. The van der Waals surface area contributed by atoms with Crippen molar-refractivity contribution in [1.29, 1.82) is 0 Å². The number of furan rings is 1. The van der Waals surface area contributed by atoms with E-state index in [1.165, 1.54) is 0 Å². The van der Waals surface area contributed by atoms with Crippen LogP contribution >= 0.6 is 15.9 Å². The molecule has 0 atom stereocenters. The van der Waals surface area contributed by atoms with Gasteiger partial charge in [0.25, 0.3) is 5.89 Å². The predicted octanol–water partition coefficient (Wildman–Crippen LogP) is 2.23. The summed E-state index contributed by atoms with van der Waals surface area (Å²) < 4.78 is 11.7. The lowest BCUT2D eigenvalue weighted by atomic mass is 10.3. The average Bonchev–Trinajstić information content (AvgIpc) is 3.09. The Kier molecular flexibility index (Phi) is 4.18. The molecule has 3 rings (SSSR count). The van der Waals surface area contributed by atoms with E-state index in [9.17, 15) is 0 Å². The van der Waals surface area contributed by atoms with Gasteiger partial charge in [-0.2, -0.15) is 0 Å². The van der Waals surface area contributed by atoms with Gasteiger partial charge in [-0.05, 0) is 34.6 Å². The zero-order valence-corrected chi connectivity index (χ0v) is 13.0. The van der Waals surface area contributed by atoms with Crippen molar-refractivity contribution in [2.24, 2.45) is 0 Å². The number of hydrogen-bond acceptors (Lipinski definition) is 6. The van der Waals surface area contributed by atoms with Crippen LogP contribution in [0, 0.1) is 0 Å². The Hall–Kier alpha value is -1.18. The van der Waals surface area contributed by atoms with Gasteiger partial charge in [-0.15, -0.1) is 10.2 Å². The molecule has 0 aliphatic carbocycles. The summed E-state index contributed by atoms with van der Waals surface area (Å²) in [7, 11) is 0. The Morgan fingerprint density at radius 2 is 1.85 bits per heavy atom. The number of likely N-dealkylation sites (N-methyl/N-ethyl adjacent to an activating group) is 1. The van der Waals surface area contributed by atoms with E-state index in [4.69, 9.17) is 8.83 Å². The molecule has 1 fully saturated rings. The lowest BCUT2D eigenvalue weighted by Crippen LogP contribution is -2.45. The third kappa shape index (κ3) is 3.11. The van der Waals surface area contributed by atoms with Crippen molar-refractivity contribution in [2.45, 2.75) is 13.5 Å². The van der Waals surface area contributed by atoms with Gasteiger partial charge < -0.3 is 13.7 Å². The van der Waals surface area contributed by atoms with Crippen LogP contribution in [-0.4, -0.2) is 52.7 Å². The average molecular weight is 341 g/mol. The van der Waals surface area contributed by atoms with Gasteiger partial charge in [0.15, 0.2) is 10.4 Å². The van der Waals surface area contributed by atoms with E-state index in [-0.39, 0.29) is 0 Å². The summed E-state index contributed by atoms with van der Waals surface area (Å²) >= 11 is 3.26. The van der Waals surface area contributed by atoms with Crippen molar-refractivity contribution in [3.05, 3.63) is 22.7 Å². The normalized spacial score (nSPS) is 17.7. The van der Waals surface area contributed by atoms with E-state index in [0.29, 0.717) is 28.8 Å². The van der Waals surface area contributed by atoms with Crippen LogP contribution < -0.4 is 0 Å². The Morgan fingerprint density at radius 3 is 2.50 bits per heavy atom. The van der Waals surface area contributed by atoms with Gasteiger partial charge in [0.2, 0.25) is 5.89 Å². The van der Waals surface area contributed by atoms with Gasteiger partial charge >= 0.3 is 0 Å². The number of halogens is 1. The third-order valence-electron chi connectivity index (χ3n) is 3.52. The van der Waals surface area contributed by atoms with Gasteiger partial charge in [0.05, 0.1) is 6.54 Å². The fourth-order valence-electron chi connectivity index (χ4n) is 2.30. The first-order valence-electron chi connectivity index (χ1n) is 6.77. The van der Waals surface area contributed by atoms with Crippen LogP contribution in [0.4, 0.5) is 0 Å². The van der Waals surface area contributed by atoms with Crippen LogP contribution in [0.25, 0.3) is 11.7 Å². The highest BCUT2D eigenvalue weighted by Gasteiger charge is 2.19. The standard InChI is InChI=1S/C13H17BrN4O2/c1-2-17-5-7-18(8-6-17)9-12-15-16-13(20-12)10-3-4-11(14)19-10/h3-4H,2,5-9H2,1H3. The largest absolute Gasteiger partial charge is 0.444 e.